The van der Waals surface area contributed by atoms with E-state index in [2.05, 4.69) is 15.3 Å². The maximum Gasteiger partial charge on any atom is 0.287 e. The Balaban J connectivity index is 1.91. The monoisotopic (exact) mass is 341 g/mol. The zero-order chi connectivity index (χ0) is 18.0. The van der Waals surface area contributed by atoms with Crippen molar-refractivity contribution in [2.24, 2.45) is 0 Å². The summed E-state index contributed by atoms with van der Waals surface area (Å²) in [6.07, 6.45) is 0. The summed E-state index contributed by atoms with van der Waals surface area (Å²) >= 11 is 0. The van der Waals surface area contributed by atoms with Gasteiger partial charge in [-0.25, -0.2) is 9.37 Å². The summed E-state index contributed by atoms with van der Waals surface area (Å²) in [4.78, 5) is 31.1. The van der Waals surface area contributed by atoms with E-state index < -0.39 is 23.3 Å². The lowest BCUT2D eigenvalue weighted by Crippen LogP contribution is -2.30. The number of fused-ring (bicyclic) bond motifs is 1. The van der Waals surface area contributed by atoms with Crippen LogP contribution < -0.4 is 15.6 Å². The third-order valence-electron chi connectivity index (χ3n) is 3.84. The molecule has 2 N–H and O–H groups in total. The van der Waals surface area contributed by atoms with Gasteiger partial charge in [0.15, 0.2) is 5.82 Å². The third kappa shape index (κ3) is 3.21. The minimum atomic E-state index is -0.680. The van der Waals surface area contributed by atoms with Crippen molar-refractivity contribution in [3.8, 4) is 5.75 Å². The fourth-order valence-corrected chi connectivity index (χ4v) is 2.65. The molecular weight excluding hydrogens is 325 g/mol. The summed E-state index contributed by atoms with van der Waals surface area (Å²) in [6, 6.07) is 10.4. The Bertz CT molecular complexity index is 1000. The quantitative estimate of drug-likeness (QED) is 0.764. The number of aromatic nitrogens is 2. The lowest BCUT2D eigenvalue weighted by molar-refractivity contribution is 0.0928. The van der Waals surface area contributed by atoms with Crippen molar-refractivity contribution in [3.05, 3.63) is 70.0 Å². The molecule has 2 aromatic carbocycles. The Hall–Kier alpha value is -3.22. The van der Waals surface area contributed by atoms with Gasteiger partial charge in [0.05, 0.1) is 29.6 Å². The number of halogens is 1. The molecule has 3 aromatic rings. The largest absolute Gasteiger partial charge is 0.496 e. The van der Waals surface area contributed by atoms with Gasteiger partial charge in [-0.1, -0.05) is 18.2 Å². The molecule has 0 unspecified atom stereocenters. The van der Waals surface area contributed by atoms with Gasteiger partial charge in [-0.15, -0.1) is 0 Å². The first-order valence-corrected chi connectivity index (χ1v) is 7.63. The summed E-state index contributed by atoms with van der Waals surface area (Å²) in [7, 11) is 1.43. The summed E-state index contributed by atoms with van der Waals surface area (Å²) in [5, 5.41) is 3.02. The highest BCUT2D eigenvalue weighted by Crippen LogP contribution is 2.27. The topological polar surface area (TPSA) is 84.1 Å². The maximum atomic E-state index is 14.1. The van der Waals surface area contributed by atoms with Crippen LogP contribution in [0.1, 0.15) is 29.1 Å². The van der Waals surface area contributed by atoms with E-state index in [1.807, 2.05) is 0 Å². The number of amides is 1. The second-order valence-electron chi connectivity index (χ2n) is 5.48. The van der Waals surface area contributed by atoms with Gasteiger partial charge in [-0.05, 0) is 31.2 Å². The van der Waals surface area contributed by atoms with Crippen LogP contribution in [0.4, 0.5) is 4.39 Å². The Morgan fingerprint density at radius 2 is 2.00 bits per heavy atom. The van der Waals surface area contributed by atoms with E-state index >= 15 is 0 Å². The van der Waals surface area contributed by atoms with Crippen molar-refractivity contribution in [2.75, 3.05) is 7.11 Å². The number of hydrogen-bond acceptors (Lipinski definition) is 4. The number of benzene rings is 2. The van der Waals surface area contributed by atoms with Gasteiger partial charge in [0, 0.05) is 0 Å². The van der Waals surface area contributed by atoms with E-state index in [9.17, 15) is 14.0 Å². The number of nitrogens with zero attached hydrogens (tertiary/aromatic N) is 1. The van der Waals surface area contributed by atoms with Crippen molar-refractivity contribution < 1.29 is 13.9 Å². The smallest absolute Gasteiger partial charge is 0.287 e. The lowest BCUT2D eigenvalue weighted by atomic mass is 10.1. The molecule has 0 bridgehead atoms. The van der Waals surface area contributed by atoms with Gasteiger partial charge < -0.3 is 15.0 Å². The molecule has 25 heavy (non-hydrogen) atoms. The average Bonchev–Trinajstić information content (AvgIpc) is 2.61. The zero-order valence-corrected chi connectivity index (χ0v) is 13.7. The SMILES string of the molecule is COc1cccc(F)c1[C@@H](C)NC(=O)c1nc2ccccc2c(=O)[nH]1. The van der Waals surface area contributed by atoms with Gasteiger partial charge >= 0.3 is 0 Å². The van der Waals surface area contributed by atoms with Gasteiger partial charge in [0.2, 0.25) is 0 Å². The van der Waals surface area contributed by atoms with Crippen molar-refractivity contribution in [2.45, 2.75) is 13.0 Å². The van der Waals surface area contributed by atoms with Gasteiger partial charge in [-0.2, -0.15) is 0 Å². The van der Waals surface area contributed by atoms with Crippen LogP contribution in [0.15, 0.2) is 47.3 Å². The number of nitrogens with one attached hydrogen (secondary N) is 2. The molecule has 0 aliphatic rings. The Morgan fingerprint density at radius 1 is 1.24 bits per heavy atom. The first-order chi connectivity index (χ1) is 12.0. The van der Waals surface area contributed by atoms with Gasteiger partial charge in [-0.3, -0.25) is 9.59 Å². The average molecular weight is 341 g/mol. The predicted molar refractivity (Wildman–Crippen MR) is 91.2 cm³/mol. The lowest BCUT2D eigenvalue weighted by Gasteiger charge is -2.17. The van der Waals surface area contributed by atoms with E-state index in [-0.39, 0.29) is 11.4 Å². The number of aromatic amines is 1. The van der Waals surface area contributed by atoms with Crippen molar-refractivity contribution in [1.82, 2.24) is 15.3 Å². The highest BCUT2D eigenvalue weighted by molar-refractivity contribution is 5.92. The fraction of sp³-hybridized carbons (Fsp3) is 0.167. The molecule has 128 valence electrons. The van der Waals surface area contributed by atoms with E-state index in [1.54, 1.807) is 37.3 Å². The van der Waals surface area contributed by atoms with Crippen LogP contribution in [0.5, 0.6) is 5.75 Å². The molecule has 1 heterocycles. The minimum Gasteiger partial charge on any atom is -0.496 e. The number of para-hydroxylation sites is 1. The highest BCUT2D eigenvalue weighted by Gasteiger charge is 2.20. The second-order valence-corrected chi connectivity index (χ2v) is 5.48. The standard InChI is InChI=1S/C18H16FN3O3/c1-10(15-12(19)7-5-9-14(15)25-2)20-18(24)16-21-13-8-4-3-6-11(13)17(23)22-16/h3-10H,1-2H3,(H,20,24)(H,21,22,23)/t10-/m1/s1. The first-order valence-electron chi connectivity index (χ1n) is 7.63. The normalized spacial score (nSPS) is 12.0. The summed E-state index contributed by atoms with van der Waals surface area (Å²) in [5.74, 6) is -0.911. The minimum absolute atomic E-state index is 0.133. The number of methoxy groups -OCH3 is 1. The molecular formula is C18H16FN3O3. The highest BCUT2D eigenvalue weighted by atomic mass is 19.1. The van der Waals surface area contributed by atoms with E-state index in [0.29, 0.717) is 16.7 Å². The van der Waals surface area contributed by atoms with Crippen LogP contribution in [-0.4, -0.2) is 23.0 Å². The third-order valence-corrected chi connectivity index (χ3v) is 3.84. The molecule has 3 rings (SSSR count). The van der Waals surface area contributed by atoms with E-state index in [4.69, 9.17) is 4.74 Å². The van der Waals surface area contributed by atoms with Crippen molar-refractivity contribution in [3.63, 3.8) is 0 Å². The number of rotatable bonds is 4. The molecule has 0 aliphatic carbocycles. The van der Waals surface area contributed by atoms with Gasteiger partial charge in [0.25, 0.3) is 11.5 Å². The second kappa shape index (κ2) is 6.72. The molecule has 6 nitrogen and oxygen atoms in total. The number of carbonyl (C=O) groups excluding carboxylic acids is 1. The van der Waals surface area contributed by atoms with Crippen LogP contribution >= 0.6 is 0 Å². The number of hydrogen-bond donors (Lipinski definition) is 2. The van der Waals surface area contributed by atoms with E-state index in [0.717, 1.165) is 0 Å². The molecule has 7 heteroatoms. The number of ether oxygens (including phenoxy) is 1. The molecule has 0 fully saturated rings. The van der Waals surface area contributed by atoms with E-state index in [1.165, 1.54) is 19.2 Å². The summed E-state index contributed by atoms with van der Waals surface area (Å²) < 4.78 is 19.3. The molecule has 0 aliphatic heterocycles. The van der Waals surface area contributed by atoms with Crippen molar-refractivity contribution >= 4 is 16.8 Å². The molecule has 1 amide bonds. The van der Waals surface area contributed by atoms with Crippen LogP contribution in [-0.2, 0) is 0 Å². The predicted octanol–water partition coefficient (Wildman–Crippen LogP) is 2.56. The molecule has 0 spiro atoms. The molecule has 1 aromatic heterocycles. The number of carbonyl (C=O) groups is 1. The zero-order valence-electron chi connectivity index (χ0n) is 13.7. The summed E-state index contributed by atoms with van der Waals surface area (Å²) in [5.41, 5.74) is 0.223. The Morgan fingerprint density at radius 3 is 2.76 bits per heavy atom. The molecule has 0 saturated carbocycles. The Labute approximate surface area is 142 Å². The first kappa shape index (κ1) is 16.6. The maximum absolute atomic E-state index is 14.1. The van der Waals surface area contributed by atoms with Crippen LogP contribution in [0.25, 0.3) is 10.9 Å². The van der Waals surface area contributed by atoms with Crippen LogP contribution in [0.2, 0.25) is 0 Å². The molecule has 0 saturated heterocycles. The Kier molecular flexibility index (Phi) is 4.47. The van der Waals surface area contributed by atoms with Gasteiger partial charge in [0.1, 0.15) is 11.6 Å². The van der Waals surface area contributed by atoms with Crippen molar-refractivity contribution in [1.29, 1.82) is 0 Å². The molecule has 1 atom stereocenters. The fourth-order valence-electron chi connectivity index (χ4n) is 2.65. The summed E-state index contributed by atoms with van der Waals surface area (Å²) in [6.45, 7) is 1.62. The van der Waals surface area contributed by atoms with Crippen LogP contribution in [0.3, 0.4) is 0 Å². The number of H-pyrrole nitrogens is 1. The molecule has 0 radical (unpaired) electrons. The van der Waals surface area contributed by atoms with Crippen LogP contribution in [0, 0.1) is 5.82 Å².